The molecule has 0 heterocycles. The molecule has 0 aliphatic rings. The molecule has 0 saturated carbocycles. The van der Waals surface area contributed by atoms with Crippen LogP contribution >= 0.6 is 11.6 Å². The van der Waals surface area contributed by atoms with E-state index in [-0.39, 0.29) is 21.4 Å². The van der Waals surface area contributed by atoms with E-state index in [9.17, 15) is 26.4 Å². The van der Waals surface area contributed by atoms with Crippen molar-refractivity contribution in [3.8, 4) is 11.5 Å². The molecule has 198 valence electrons. The van der Waals surface area contributed by atoms with Crippen LogP contribution in [0, 0.1) is 6.92 Å². The average Bonchev–Trinajstić information content (AvgIpc) is 2.83. The van der Waals surface area contributed by atoms with Crippen LogP contribution in [0.2, 0.25) is 5.02 Å². The molecule has 3 aromatic rings. The zero-order valence-electron chi connectivity index (χ0n) is 20.1. The Hall–Kier alpha value is -3.44. The number of halogens is 4. The van der Waals surface area contributed by atoms with Crippen molar-refractivity contribution >= 4 is 38.9 Å². The Morgan fingerprint density at radius 2 is 1.73 bits per heavy atom. The van der Waals surface area contributed by atoms with Gasteiger partial charge in [-0.15, -0.1) is 0 Å². The molecule has 0 aliphatic carbocycles. The topological polar surface area (TPSA) is 84.9 Å². The second-order valence-corrected chi connectivity index (χ2v) is 10.1. The van der Waals surface area contributed by atoms with Gasteiger partial charge < -0.3 is 14.8 Å². The molecule has 0 spiro atoms. The van der Waals surface area contributed by atoms with E-state index >= 15 is 0 Å². The number of sulfonamides is 1. The first-order valence-corrected chi connectivity index (χ1v) is 12.8. The first-order chi connectivity index (χ1) is 17.4. The third-order valence-corrected chi connectivity index (χ3v) is 7.20. The number of nitrogens with one attached hydrogen (secondary N) is 1. The number of benzene rings is 3. The third-order valence-electron chi connectivity index (χ3n) is 5.17. The molecule has 3 aromatic carbocycles. The van der Waals surface area contributed by atoms with Crippen LogP contribution in [0.15, 0.2) is 65.6 Å². The molecule has 0 aliphatic heterocycles. The maximum absolute atomic E-state index is 13.8. The molecule has 0 unspecified atom stereocenters. The van der Waals surface area contributed by atoms with Crippen LogP contribution in [-0.4, -0.2) is 34.6 Å². The normalized spacial score (nSPS) is 11.6. The highest BCUT2D eigenvalue weighted by molar-refractivity contribution is 7.93. The van der Waals surface area contributed by atoms with Crippen molar-refractivity contribution in [1.29, 1.82) is 0 Å². The average molecular weight is 557 g/mol. The number of amides is 1. The maximum atomic E-state index is 13.8. The number of hydrogen-bond donors (Lipinski definition) is 1. The molecule has 12 heteroatoms. The lowest BCUT2D eigenvalue weighted by Crippen LogP contribution is -2.38. The summed E-state index contributed by atoms with van der Waals surface area (Å²) in [4.78, 5) is 12.7. The molecule has 0 bridgehead atoms. The third kappa shape index (κ3) is 6.66. The van der Waals surface area contributed by atoms with Gasteiger partial charge in [-0.05, 0) is 74.0 Å². The fourth-order valence-corrected chi connectivity index (χ4v) is 5.31. The van der Waals surface area contributed by atoms with Crippen molar-refractivity contribution in [2.24, 2.45) is 0 Å². The van der Waals surface area contributed by atoms with Crippen molar-refractivity contribution in [1.82, 2.24) is 0 Å². The zero-order valence-corrected chi connectivity index (χ0v) is 21.7. The fraction of sp³-hybridized carbons (Fsp3) is 0.240. The molecular formula is C25H24ClF3N2O5S. The second-order valence-electron chi connectivity index (χ2n) is 7.83. The molecule has 1 amide bonds. The van der Waals surface area contributed by atoms with Gasteiger partial charge in [-0.3, -0.25) is 9.10 Å². The van der Waals surface area contributed by atoms with E-state index in [1.165, 1.54) is 49.6 Å². The van der Waals surface area contributed by atoms with Crippen molar-refractivity contribution in [3.05, 3.63) is 76.8 Å². The first kappa shape index (κ1) is 28.1. The van der Waals surface area contributed by atoms with Gasteiger partial charge in [-0.25, -0.2) is 8.42 Å². The molecule has 3 rings (SSSR count). The number of aryl methyl sites for hydroxylation is 1. The Morgan fingerprint density at radius 1 is 1.05 bits per heavy atom. The summed E-state index contributed by atoms with van der Waals surface area (Å²) in [5.74, 6) is -0.493. The van der Waals surface area contributed by atoms with E-state index in [2.05, 4.69) is 5.32 Å². The Labute approximate surface area is 217 Å². The maximum Gasteiger partial charge on any atom is 0.418 e. The van der Waals surface area contributed by atoms with Crippen LogP contribution in [0.4, 0.5) is 24.5 Å². The number of alkyl halides is 3. The molecule has 1 N–H and O–H groups in total. The van der Waals surface area contributed by atoms with Crippen molar-refractivity contribution < 1.29 is 35.9 Å². The van der Waals surface area contributed by atoms with Gasteiger partial charge in [-0.2, -0.15) is 13.2 Å². The fourth-order valence-electron chi connectivity index (χ4n) is 3.47. The van der Waals surface area contributed by atoms with E-state index < -0.39 is 39.9 Å². The minimum absolute atomic E-state index is 0.0407. The lowest BCUT2D eigenvalue weighted by molar-refractivity contribution is -0.137. The van der Waals surface area contributed by atoms with E-state index in [0.29, 0.717) is 24.0 Å². The zero-order chi connectivity index (χ0) is 27.4. The van der Waals surface area contributed by atoms with Crippen LogP contribution in [0.3, 0.4) is 0 Å². The molecule has 0 saturated heterocycles. The summed E-state index contributed by atoms with van der Waals surface area (Å²) >= 11 is 5.71. The number of hydrogen-bond acceptors (Lipinski definition) is 5. The quantitative estimate of drug-likeness (QED) is 0.354. The largest absolute Gasteiger partial charge is 0.495 e. The number of carbonyl (C=O) groups excluding carboxylic acids is 1. The Balaban J connectivity index is 2.04. The highest BCUT2D eigenvalue weighted by Gasteiger charge is 2.35. The second kappa shape index (κ2) is 11.3. The standard InChI is InChI=1S/C25H24ClF3N2O5S/c1-4-36-19-9-7-18(8-10-19)31(37(33,34)23-13-16(2)5-12-22(23)35-3)15-24(32)30-21-11-6-17(26)14-20(21)25(27,28)29/h5-14H,4,15H2,1-3H3,(H,30,32). The van der Waals surface area contributed by atoms with E-state index in [0.717, 1.165) is 10.4 Å². The summed E-state index contributed by atoms with van der Waals surface area (Å²) in [6.07, 6.45) is -4.80. The molecule has 0 atom stereocenters. The monoisotopic (exact) mass is 556 g/mol. The number of ether oxygens (including phenoxy) is 2. The number of carbonyl (C=O) groups is 1. The molecular weight excluding hydrogens is 533 g/mol. The van der Waals surface area contributed by atoms with Crippen LogP contribution in [0.25, 0.3) is 0 Å². The van der Waals surface area contributed by atoms with E-state index in [4.69, 9.17) is 21.1 Å². The summed E-state index contributed by atoms with van der Waals surface area (Å²) in [6, 6.07) is 13.3. The van der Waals surface area contributed by atoms with Gasteiger partial charge >= 0.3 is 6.18 Å². The molecule has 37 heavy (non-hydrogen) atoms. The van der Waals surface area contributed by atoms with Gasteiger partial charge in [0.15, 0.2) is 0 Å². The number of anilines is 2. The van der Waals surface area contributed by atoms with Crippen molar-refractivity contribution in [2.45, 2.75) is 24.9 Å². The summed E-state index contributed by atoms with van der Waals surface area (Å²) in [6.45, 7) is 3.02. The highest BCUT2D eigenvalue weighted by atomic mass is 35.5. The Bertz CT molecular complexity index is 1380. The Morgan fingerprint density at radius 3 is 2.32 bits per heavy atom. The summed E-state index contributed by atoms with van der Waals surface area (Å²) in [7, 11) is -3.11. The lowest BCUT2D eigenvalue weighted by atomic mass is 10.1. The van der Waals surface area contributed by atoms with Crippen LogP contribution in [-0.2, 0) is 21.0 Å². The lowest BCUT2D eigenvalue weighted by Gasteiger charge is -2.25. The van der Waals surface area contributed by atoms with Gasteiger partial charge in [0, 0.05) is 5.02 Å². The van der Waals surface area contributed by atoms with Crippen molar-refractivity contribution in [3.63, 3.8) is 0 Å². The predicted octanol–water partition coefficient (Wildman–Crippen LogP) is 5.91. The minimum atomic E-state index is -4.80. The van der Waals surface area contributed by atoms with Gasteiger partial charge in [-0.1, -0.05) is 17.7 Å². The SMILES string of the molecule is CCOc1ccc(N(CC(=O)Nc2ccc(Cl)cc2C(F)(F)F)S(=O)(=O)c2cc(C)ccc2OC)cc1. The molecule has 0 fully saturated rings. The molecule has 0 radical (unpaired) electrons. The highest BCUT2D eigenvalue weighted by Crippen LogP contribution is 2.37. The van der Waals surface area contributed by atoms with Gasteiger partial charge in [0.1, 0.15) is 22.9 Å². The van der Waals surface area contributed by atoms with Crippen LogP contribution < -0.4 is 19.1 Å². The van der Waals surface area contributed by atoms with E-state index in [1.54, 1.807) is 19.9 Å². The van der Waals surface area contributed by atoms with Crippen LogP contribution in [0.1, 0.15) is 18.1 Å². The van der Waals surface area contributed by atoms with Gasteiger partial charge in [0.25, 0.3) is 10.0 Å². The number of nitrogens with zero attached hydrogens (tertiary/aromatic N) is 1. The predicted molar refractivity (Wildman–Crippen MR) is 135 cm³/mol. The van der Waals surface area contributed by atoms with Gasteiger partial charge in [0.05, 0.1) is 30.7 Å². The number of methoxy groups -OCH3 is 1. The van der Waals surface area contributed by atoms with E-state index in [1.807, 2.05) is 0 Å². The molecule has 0 aromatic heterocycles. The van der Waals surface area contributed by atoms with Crippen molar-refractivity contribution in [2.75, 3.05) is 29.9 Å². The smallest absolute Gasteiger partial charge is 0.418 e. The first-order valence-electron chi connectivity index (χ1n) is 10.9. The summed E-state index contributed by atoms with van der Waals surface area (Å²) < 4.78 is 79.4. The summed E-state index contributed by atoms with van der Waals surface area (Å²) in [5.41, 5.74) is -1.01. The minimum Gasteiger partial charge on any atom is -0.495 e. The van der Waals surface area contributed by atoms with Crippen LogP contribution in [0.5, 0.6) is 11.5 Å². The summed E-state index contributed by atoms with van der Waals surface area (Å²) in [5, 5.41) is 1.99. The number of rotatable bonds is 9. The Kier molecular flexibility index (Phi) is 8.60. The van der Waals surface area contributed by atoms with Gasteiger partial charge in [0.2, 0.25) is 5.91 Å². The molecule has 7 nitrogen and oxygen atoms in total.